The van der Waals surface area contributed by atoms with Gasteiger partial charge in [0.2, 0.25) is 5.91 Å². The number of benzene rings is 2. The lowest BCUT2D eigenvalue weighted by atomic mass is 9.92. The molecule has 0 aliphatic carbocycles. The number of para-hydroxylation sites is 1. The predicted molar refractivity (Wildman–Crippen MR) is 121 cm³/mol. The highest BCUT2D eigenvalue weighted by Gasteiger charge is 2.27. The smallest absolute Gasteiger partial charge is 0.264 e. The van der Waals surface area contributed by atoms with Gasteiger partial charge in [0.05, 0.1) is 17.1 Å². The first-order valence-electron chi connectivity index (χ1n) is 10.3. The molecule has 2 aromatic carbocycles. The van der Waals surface area contributed by atoms with Gasteiger partial charge in [-0.05, 0) is 48.2 Å². The molecule has 6 nitrogen and oxygen atoms in total. The summed E-state index contributed by atoms with van der Waals surface area (Å²) in [4.78, 5) is 14.0. The highest BCUT2D eigenvalue weighted by molar-refractivity contribution is 6.09. The fourth-order valence-corrected chi connectivity index (χ4v) is 4.25. The number of amides is 1. The second-order valence-corrected chi connectivity index (χ2v) is 7.58. The number of aryl methyl sites for hydroxylation is 1. The minimum Gasteiger partial charge on any atom is -0.393 e. The maximum atomic E-state index is 14.0. The van der Waals surface area contributed by atoms with Gasteiger partial charge in [-0.3, -0.25) is 4.79 Å². The van der Waals surface area contributed by atoms with Crippen LogP contribution in [0.2, 0.25) is 0 Å². The zero-order valence-electron chi connectivity index (χ0n) is 17.3. The van der Waals surface area contributed by atoms with Gasteiger partial charge in [0.1, 0.15) is 0 Å². The molecule has 4 N–H and O–H groups in total. The molecule has 2 aromatic rings. The monoisotopic (exact) mass is 425 g/mol. The number of carbonyl (C=O) groups excluding carboxylic acids is 1. The van der Waals surface area contributed by atoms with Crippen LogP contribution in [0.1, 0.15) is 36.0 Å². The van der Waals surface area contributed by atoms with Gasteiger partial charge in [0.15, 0.2) is 0 Å². The van der Waals surface area contributed by atoms with Crippen molar-refractivity contribution in [3.63, 3.8) is 0 Å². The first-order chi connectivity index (χ1) is 15.0. The third kappa shape index (κ3) is 3.97. The Labute approximate surface area is 179 Å². The molecule has 0 saturated heterocycles. The minimum absolute atomic E-state index is 0.0532. The third-order valence-electron chi connectivity index (χ3n) is 5.63. The zero-order chi connectivity index (χ0) is 22.0. The van der Waals surface area contributed by atoms with E-state index in [2.05, 4.69) is 16.0 Å². The summed E-state index contributed by atoms with van der Waals surface area (Å²) in [6.45, 7) is 1.19. The topological polar surface area (TPSA) is 80.2 Å². The van der Waals surface area contributed by atoms with Crippen LogP contribution >= 0.6 is 0 Å². The summed E-state index contributed by atoms with van der Waals surface area (Å²) in [6.07, 6.45) is 1.99. The Balaban J connectivity index is 1.85. The lowest BCUT2D eigenvalue weighted by Gasteiger charge is -2.34. The van der Waals surface area contributed by atoms with E-state index in [4.69, 9.17) is 5.41 Å². The van der Waals surface area contributed by atoms with Crippen LogP contribution in [0.4, 0.5) is 31.5 Å². The van der Waals surface area contributed by atoms with Crippen LogP contribution in [-0.4, -0.2) is 32.3 Å². The van der Waals surface area contributed by atoms with Crippen molar-refractivity contribution in [2.45, 2.75) is 25.7 Å². The molecule has 31 heavy (non-hydrogen) atoms. The lowest BCUT2D eigenvalue weighted by molar-refractivity contribution is -0.115. The fraction of sp³-hybridized carbons (Fsp3) is 0.304. The van der Waals surface area contributed by atoms with Gasteiger partial charge in [-0.1, -0.05) is 6.07 Å². The molecular formula is C23H25F2N5O. The SMILES string of the molecule is CN/C=C(\C=N)c1cc2c(cc1C(F)F)N(c1cccc3c1NCCC(=O)N3)CCC2. The van der Waals surface area contributed by atoms with Crippen molar-refractivity contribution in [1.29, 1.82) is 5.41 Å². The van der Waals surface area contributed by atoms with Crippen LogP contribution < -0.4 is 20.9 Å². The number of hydrogen-bond acceptors (Lipinski definition) is 5. The van der Waals surface area contributed by atoms with Crippen LogP contribution in [0.3, 0.4) is 0 Å². The third-order valence-corrected chi connectivity index (χ3v) is 5.63. The summed E-state index contributed by atoms with van der Waals surface area (Å²) in [7, 11) is 1.68. The maximum Gasteiger partial charge on any atom is 0.264 e. The van der Waals surface area contributed by atoms with Gasteiger partial charge >= 0.3 is 0 Å². The van der Waals surface area contributed by atoms with Crippen LogP contribution in [0.25, 0.3) is 5.57 Å². The average molecular weight is 425 g/mol. The summed E-state index contributed by atoms with van der Waals surface area (Å²) in [5.41, 5.74) is 4.74. The van der Waals surface area contributed by atoms with E-state index in [0.717, 1.165) is 41.7 Å². The van der Waals surface area contributed by atoms with Crippen molar-refractivity contribution in [1.82, 2.24) is 5.32 Å². The number of halogens is 2. The molecule has 0 radical (unpaired) electrons. The number of nitrogens with zero attached hydrogens (tertiary/aromatic N) is 1. The molecule has 0 atom stereocenters. The van der Waals surface area contributed by atoms with Crippen LogP contribution in [0.5, 0.6) is 0 Å². The molecule has 1 amide bonds. The van der Waals surface area contributed by atoms with Gasteiger partial charge in [-0.15, -0.1) is 0 Å². The highest BCUT2D eigenvalue weighted by Crippen LogP contribution is 2.44. The molecule has 4 rings (SSSR count). The van der Waals surface area contributed by atoms with Gasteiger partial charge < -0.3 is 26.3 Å². The fourth-order valence-electron chi connectivity index (χ4n) is 4.25. The molecule has 8 heteroatoms. The zero-order valence-corrected chi connectivity index (χ0v) is 17.3. The van der Waals surface area contributed by atoms with E-state index in [1.807, 2.05) is 23.1 Å². The Morgan fingerprint density at radius 2 is 2.10 bits per heavy atom. The van der Waals surface area contributed by atoms with Crippen molar-refractivity contribution in [3.8, 4) is 0 Å². The van der Waals surface area contributed by atoms with E-state index in [1.54, 1.807) is 25.4 Å². The number of fused-ring (bicyclic) bond motifs is 2. The molecule has 0 bridgehead atoms. The molecule has 2 aliphatic rings. The number of allylic oxidation sites excluding steroid dienone is 1. The maximum absolute atomic E-state index is 14.0. The number of carbonyl (C=O) groups is 1. The summed E-state index contributed by atoms with van der Waals surface area (Å²) in [5, 5.41) is 16.7. The number of nitrogens with one attached hydrogen (secondary N) is 4. The van der Waals surface area contributed by atoms with Gasteiger partial charge in [0, 0.05) is 55.8 Å². The molecule has 0 spiro atoms. The van der Waals surface area contributed by atoms with Crippen molar-refractivity contribution >= 4 is 40.4 Å². The second-order valence-electron chi connectivity index (χ2n) is 7.58. The van der Waals surface area contributed by atoms with Crippen LogP contribution in [-0.2, 0) is 11.2 Å². The highest BCUT2D eigenvalue weighted by atomic mass is 19.3. The normalized spacial score (nSPS) is 16.1. The van der Waals surface area contributed by atoms with E-state index in [1.165, 1.54) is 0 Å². The number of anilines is 4. The molecule has 2 aliphatic heterocycles. The van der Waals surface area contributed by atoms with Crippen molar-refractivity contribution in [2.75, 3.05) is 35.7 Å². The van der Waals surface area contributed by atoms with E-state index in [-0.39, 0.29) is 11.5 Å². The molecule has 0 saturated carbocycles. The quantitative estimate of drug-likeness (QED) is 0.525. The van der Waals surface area contributed by atoms with E-state index >= 15 is 0 Å². The molecule has 0 fully saturated rings. The Bertz CT molecular complexity index is 1050. The van der Waals surface area contributed by atoms with Crippen molar-refractivity contribution in [2.24, 2.45) is 0 Å². The number of alkyl halides is 2. The first kappa shape index (κ1) is 20.8. The van der Waals surface area contributed by atoms with E-state index in [0.29, 0.717) is 36.3 Å². The molecule has 162 valence electrons. The largest absolute Gasteiger partial charge is 0.393 e. The Morgan fingerprint density at radius 1 is 1.26 bits per heavy atom. The molecule has 2 heterocycles. The second kappa shape index (κ2) is 8.75. The minimum atomic E-state index is -2.67. The standard InChI is InChI=1S/C23H25F2N5O/c1-27-13-15(12-26)16-10-14-4-3-9-30(20(14)11-17(16)23(24)25)19-6-2-5-18-22(19)28-8-7-21(31)29-18/h2,5-6,10-13,23,26-28H,3-4,7-9H2,1H3,(H,29,31)/b15-13+,26-12?. The summed E-state index contributed by atoms with van der Waals surface area (Å²) >= 11 is 0. The summed E-state index contributed by atoms with van der Waals surface area (Å²) in [6, 6.07) is 8.98. The van der Waals surface area contributed by atoms with E-state index in [9.17, 15) is 13.6 Å². The van der Waals surface area contributed by atoms with Crippen molar-refractivity contribution < 1.29 is 13.6 Å². The summed E-state index contributed by atoms with van der Waals surface area (Å²) < 4.78 is 28.1. The first-order valence-corrected chi connectivity index (χ1v) is 10.3. The Morgan fingerprint density at radius 3 is 2.84 bits per heavy atom. The number of hydrogen-bond donors (Lipinski definition) is 4. The average Bonchev–Trinajstić information content (AvgIpc) is 2.96. The number of rotatable bonds is 5. The lowest BCUT2D eigenvalue weighted by Crippen LogP contribution is -2.26. The predicted octanol–water partition coefficient (Wildman–Crippen LogP) is 4.67. The Kier molecular flexibility index (Phi) is 5.88. The molecular weight excluding hydrogens is 400 g/mol. The van der Waals surface area contributed by atoms with Gasteiger partial charge in [-0.2, -0.15) is 0 Å². The van der Waals surface area contributed by atoms with Gasteiger partial charge in [-0.25, -0.2) is 8.78 Å². The Hall–Kier alpha value is -3.42. The molecule has 0 unspecified atom stereocenters. The van der Waals surface area contributed by atoms with Gasteiger partial charge in [0.25, 0.3) is 6.43 Å². The summed E-state index contributed by atoms with van der Waals surface area (Å²) in [5.74, 6) is -0.0532. The van der Waals surface area contributed by atoms with E-state index < -0.39 is 6.43 Å². The molecule has 0 aromatic heterocycles. The van der Waals surface area contributed by atoms with Crippen LogP contribution in [0, 0.1) is 5.41 Å². The van der Waals surface area contributed by atoms with Crippen LogP contribution in [0.15, 0.2) is 36.5 Å². The van der Waals surface area contributed by atoms with Crippen molar-refractivity contribution in [3.05, 3.63) is 53.2 Å².